The molecule has 0 aliphatic heterocycles. The monoisotopic (exact) mass is 196 g/mol. The zero-order chi connectivity index (χ0) is 11.0. The first-order valence-corrected chi connectivity index (χ1v) is 6.32. The van der Waals surface area contributed by atoms with Gasteiger partial charge in [0.15, 0.2) is 0 Å². The molecule has 0 amide bonds. The molecule has 1 rings (SSSR count). The lowest BCUT2D eigenvalue weighted by Gasteiger charge is -2.34. The third kappa shape index (κ3) is 2.15. The highest BCUT2D eigenvalue weighted by Crippen LogP contribution is 2.52. The van der Waals surface area contributed by atoms with E-state index in [2.05, 4.69) is 41.5 Å². The number of hydrogen-bond donors (Lipinski definition) is 0. The van der Waals surface area contributed by atoms with Crippen molar-refractivity contribution < 1.29 is 0 Å². The van der Waals surface area contributed by atoms with Crippen molar-refractivity contribution in [1.82, 2.24) is 0 Å². The second kappa shape index (κ2) is 3.87. The van der Waals surface area contributed by atoms with Gasteiger partial charge in [-0.1, -0.05) is 48.0 Å². The van der Waals surface area contributed by atoms with Crippen LogP contribution >= 0.6 is 0 Å². The summed E-state index contributed by atoms with van der Waals surface area (Å²) in [4.78, 5) is 0. The Labute approximate surface area is 90.5 Å². The summed E-state index contributed by atoms with van der Waals surface area (Å²) in [5.74, 6) is 1.81. The van der Waals surface area contributed by atoms with E-state index in [4.69, 9.17) is 0 Å². The van der Waals surface area contributed by atoms with E-state index in [1.165, 1.54) is 25.7 Å². The van der Waals surface area contributed by atoms with E-state index in [9.17, 15) is 0 Å². The average molecular weight is 196 g/mol. The van der Waals surface area contributed by atoms with Gasteiger partial charge in [-0.05, 0) is 41.9 Å². The largest absolute Gasteiger partial charge is 0.0649 e. The predicted molar refractivity (Wildman–Crippen MR) is 64.4 cm³/mol. The Morgan fingerprint density at radius 1 is 1.36 bits per heavy atom. The summed E-state index contributed by atoms with van der Waals surface area (Å²) in [5, 5.41) is 0. The Morgan fingerprint density at radius 3 is 2.29 bits per heavy atom. The molecule has 14 heavy (non-hydrogen) atoms. The summed E-state index contributed by atoms with van der Waals surface area (Å²) < 4.78 is 0. The van der Waals surface area contributed by atoms with E-state index in [0.29, 0.717) is 10.8 Å². The maximum atomic E-state index is 2.49. The van der Waals surface area contributed by atoms with Crippen LogP contribution in [0.2, 0.25) is 0 Å². The van der Waals surface area contributed by atoms with Gasteiger partial charge in [0.1, 0.15) is 0 Å². The molecule has 1 fully saturated rings. The van der Waals surface area contributed by atoms with Crippen LogP contribution < -0.4 is 0 Å². The maximum absolute atomic E-state index is 2.49. The molecule has 0 heterocycles. The topological polar surface area (TPSA) is 0 Å². The summed E-state index contributed by atoms with van der Waals surface area (Å²) in [7, 11) is 0. The molecule has 0 nitrogen and oxygen atoms in total. The zero-order valence-electron chi connectivity index (χ0n) is 11.0. The third-order valence-corrected chi connectivity index (χ3v) is 5.19. The van der Waals surface area contributed by atoms with Crippen molar-refractivity contribution in [2.24, 2.45) is 22.7 Å². The van der Waals surface area contributed by atoms with Gasteiger partial charge in [-0.15, -0.1) is 0 Å². The van der Waals surface area contributed by atoms with Crippen LogP contribution in [0.25, 0.3) is 0 Å². The Morgan fingerprint density at radius 2 is 1.93 bits per heavy atom. The van der Waals surface area contributed by atoms with Crippen molar-refractivity contribution in [3.05, 3.63) is 0 Å². The van der Waals surface area contributed by atoms with Gasteiger partial charge in [0.05, 0.1) is 0 Å². The first-order chi connectivity index (χ1) is 6.32. The van der Waals surface area contributed by atoms with Crippen LogP contribution in [0.1, 0.15) is 67.2 Å². The smallest absolute Gasteiger partial charge is 0.0300 e. The molecule has 1 aliphatic carbocycles. The van der Waals surface area contributed by atoms with E-state index in [1.54, 1.807) is 0 Å². The average Bonchev–Trinajstić information content (AvgIpc) is 2.50. The lowest BCUT2D eigenvalue weighted by molar-refractivity contribution is 0.160. The Hall–Kier alpha value is 0. The van der Waals surface area contributed by atoms with E-state index in [1.807, 2.05) is 0 Å². The summed E-state index contributed by atoms with van der Waals surface area (Å²) in [5.41, 5.74) is 1.18. The molecule has 0 aromatic heterocycles. The molecule has 0 saturated heterocycles. The van der Waals surface area contributed by atoms with Gasteiger partial charge in [-0.3, -0.25) is 0 Å². The van der Waals surface area contributed by atoms with Crippen LogP contribution in [0.3, 0.4) is 0 Å². The van der Waals surface area contributed by atoms with Crippen LogP contribution in [-0.4, -0.2) is 0 Å². The van der Waals surface area contributed by atoms with Crippen LogP contribution in [0.15, 0.2) is 0 Å². The normalized spacial score (nSPS) is 34.1. The van der Waals surface area contributed by atoms with Crippen molar-refractivity contribution in [2.75, 3.05) is 0 Å². The number of hydrogen-bond acceptors (Lipinski definition) is 0. The maximum Gasteiger partial charge on any atom is -0.0300 e. The van der Waals surface area contributed by atoms with Gasteiger partial charge in [-0.2, -0.15) is 0 Å². The molecule has 0 bridgehead atoms. The van der Waals surface area contributed by atoms with Gasteiger partial charge in [-0.25, -0.2) is 0 Å². The Bertz CT molecular complexity index is 190. The molecule has 0 spiro atoms. The molecule has 0 N–H and O–H groups in total. The van der Waals surface area contributed by atoms with Gasteiger partial charge in [0, 0.05) is 0 Å². The Balaban J connectivity index is 2.66. The van der Waals surface area contributed by atoms with Crippen molar-refractivity contribution in [3.8, 4) is 0 Å². The van der Waals surface area contributed by atoms with Crippen molar-refractivity contribution >= 4 is 0 Å². The fourth-order valence-corrected chi connectivity index (χ4v) is 2.75. The quantitative estimate of drug-likeness (QED) is 0.603. The lowest BCUT2D eigenvalue weighted by Crippen LogP contribution is -2.25. The summed E-state index contributed by atoms with van der Waals surface area (Å²) in [6.45, 7) is 14.5. The van der Waals surface area contributed by atoms with Gasteiger partial charge >= 0.3 is 0 Å². The molecule has 1 aliphatic rings. The number of rotatable bonds is 3. The van der Waals surface area contributed by atoms with Crippen LogP contribution in [0.5, 0.6) is 0 Å². The molecule has 0 radical (unpaired) electrons. The second-order valence-electron chi connectivity index (χ2n) is 6.59. The zero-order valence-corrected chi connectivity index (χ0v) is 11.0. The second-order valence-corrected chi connectivity index (χ2v) is 6.59. The minimum atomic E-state index is 0.562. The van der Waals surface area contributed by atoms with Crippen molar-refractivity contribution in [1.29, 1.82) is 0 Å². The third-order valence-electron chi connectivity index (χ3n) is 5.19. The fourth-order valence-electron chi connectivity index (χ4n) is 2.75. The minimum absolute atomic E-state index is 0.562. The first kappa shape index (κ1) is 12.1. The molecule has 2 unspecified atom stereocenters. The molecular formula is C14H28. The fraction of sp³-hybridized carbons (Fsp3) is 1.00. The van der Waals surface area contributed by atoms with E-state index in [-0.39, 0.29) is 0 Å². The van der Waals surface area contributed by atoms with Crippen LogP contribution in [0, 0.1) is 22.7 Å². The molecule has 2 atom stereocenters. The van der Waals surface area contributed by atoms with Crippen LogP contribution in [0.4, 0.5) is 0 Å². The first-order valence-electron chi connectivity index (χ1n) is 6.32. The summed E-state index contributed by atoms with van der Waals surface area (Å²) in [6.07, 6.45) is 5.67. The molecule has 84 valence electrons. The van der Waals surface area contributed by atoms with E-state index >= 15 is 0 Å². The Kier molecular flexibility index (Phi) is 3.33. The molecule has 0 aromatic carbocycles. The molecule has 1 saturated carbocycles. The highest BCUT2D eigenvalue weighted by molar-refractivity contribution is 4.92. The minimum Gasteiger partial charge on any atom is -0.0649 e. The highest BCUT2D eigenvalue weighted by Gasteiger charge is 2.42. The SMILES string of the molecule is CCC(C)(C)C1CCC(C)(C(C)C)C1. The molecule has 0 aromatic rings. The standard InChI is InChI=1S/C14H28/c1-7-13(4,5)12-8-9-14(6,10-12)11(2)3/h11-12H,7-10H2,1-6H3. The molecular weight excluding hydrogens is 168 g/mol. The van der Waals surface area contributed by atoms with Gasteiger partial charge in [0.2, 0.25) is 0 Å². The lowest BCUT2D eigenvalue weighted by atomic mass is 9.71. The van der Waals surface area contributed by atoms with Gasteiger partial charge < -0.3 is 0 Å². The van der Waals surface area contributed by atoms with Crippen LogP contribution in [-0.2, 0) is 0 Å². The summed E-state index contributed by atoms with van der Waals surface area (Å²) >= 11 is 0. The van der Waals surface area contributed by atoms with Crippen molar-refractivity contribution in [3.63, 3.8) is 0 Å². The van der Waals surface area contributed by atoms with E-state index in [0.717, 1.165) is 11.8 Å². The predicted octanol–water partition coefficient (Wildman–Crippen LogP) is 4.89. The van der Waals surface area contributed by atoms with E-state index < -0.39 is 0 Å². The highest BCUT2D eigenvalue weighted by atomic mass is 14.5. The van der Waals surface area contributed by atoms with Gasteiger partial charge in [0.25, 0.3) is 0 Å². The van der Waals surface area contributed by atoms with Crippen molar-refractivity contribution in [2.45, 2.75) is 67.2 Å². The summed E-state index contributed by atoms with van der Waals surface area (Å²) in [6, 6.07) is 0. The molecule has 0 heteroatoms.